The van der Waals surface area contributed by atoms with Gasteiger partial charge in [0, 0.05) is 62.7 Å². The number of alkyl carbamates (subject to hydrolysis) is 1. The van der Waals surface area contributed by atoms with E-state index in [0.717, 1.165) is 22.3 Å². The van der Waals surface area contributed by atoms with Crippen LogP contribution < -0.4 is 10.6 Å². The van der Waals surface area contributed by atoms with Crippen molar-refractivity contribution < 1.29 is 47.9 Å². The van der Waals surface area contributed by atoms with Gasteiger partial charge in [0.2, 0.25) is 17.6 Å². The minimum absolute atomic E-state index is 0.0430. The van der Waals surface area contributed by atoms with Crippen LogP contribution in [0, 0.1) is 13.8 Å². The van der Waals surface area contributed by atoms with Crippen molar-refractivity contribution in [2.45, 2.75) is 105 Å². The van der Waals surface area contributed by atoms with Crippen molar-refractivity contribution in [3.8, 4) is 22.8 Å². The Morgan fingerprint density at radius 2 is 1.10 bits per heavy atom. The fraction of sp³-hybridized carbons (Fsp3) is 0.410. The summed E-state index contributed by atoms with van der Waals surface area (Å²) in [5, 5.41) is 37.3. The van der Waals surface area contributed by atoms with Gasteiger partial charge in [-0.2, -0.15) is 0 Å². The summed E-state index contributed by atoms with van der Waals surface area (Å²) < 4.78 is 9.39. The van der Waals surface area contributed by atoms with E-state index >= 15 is 0 Å². The molecule has 316 valence electrons. The van der Waals surface area contributed by atoms with Crippen molar-refractivity contribution in [2.75, 3.05) is 0 Å². The summed E-state index contributed by atoms with van der Waals surface area (Å²) in [4.78, 5) is 83.2. The van der Waals surface area contributed by atoms with E-state index in [1.54, 1.807) is 13.8 Å². The van der Waals surface area contributed by atoms with Crippen LogP contribution in [-0.2, 0) is 56.2 Å². The number of carbonyl (C=O) groups excluding carboxylic acids is 7. The molecule has 0 atom stereocenters. The molecule has 2 fully saturated rings. The molecule has 6 rings (SSSR count). The molecule has 4 amide bonds. The van der Waals surface area contributed by atoms with Gasteiger partial charge in [-0.05, 0) is 58.6 Å². The molecule has 0 saturated carbocycles. The lowest BCUT2D eigenvalue weighted by atomic mass is 10.1. The zero-order valence-corrected chi connectivity index (χ0v) is 33.8. The maximum Gasteiger partial charge on any atom is 0.407 e. The number of ether oxygens (including phenoxy) is 2. The van der Waals surface area contributed by atoms with Crippen molar-refractivity contribution in [1.29, 1.82) is 0 Å². The highest BCUT2D eigenvalue weighted by atomic mass is 16.7. The molecule has 2 aromatic carbocycles. The predicted molar refractivity (Wildman–Crippen MR) is 206 cm³/mol. The number of nitrogens with zero attached hydrogens (tertiary/aromatic N) is 9. The standard InChI is InChI=1S/C19H20N6O5.C15H19N5O2.C5H6O3/c1-12-21-23-19(24-22-12)14-7-5-13(6-8-14)11-20-15(26)3-2-4-18(29)30-25-16(27)9-10-17(25)28;1-10-17-19-13(20-18-10)12-7-5-11(6-8-12)9-16-14(21)22-15(2,3)4;6-4-2-1-3-5(7)8-4/h5-8H,2-4,9-11H2,1H3,(H,20,26);5-8H,9H2,1-4H3,(H,16,21);1-3H2. The number of cyclic esters (lactones) is 2. The number of nitrogens with one attached hydrogen (secondary N) is 2. The number of hydrogen-bond donors (Lipinski definition) is 2. The minimum Gasteiger partial charge on any atom is -0.444 e. The molecule has 0 spiro atoms. The van der Waals surface area contributed by atoms with E-state index in [-0.39, 0.29) is 49.9 Å². The molecule has 0 radical (unpaired) electrons. The van der Waals surface area contributed by atoms with Crippen molar-refractivity contribution >= 4 is 41.7 Å². The maximum atomic E-state index is 11.9. The van der Waals surface area contributed by atoms with Crippen LogP contribution in [0.4, 0.5) is 4.79 Å². The van der Waals surface area contributed by atoms with Crippen molar-refractivity contribution in [3.63, 3.8) is 0 Å². The number of aromatic nitrogens is 8. The Hall–Kier alpha value is -7.19. The number of benzene rings is 2. The molecule has 0 bridgehead atoms. The first-order chi connectivity index (χ1) is 28.5. The Labute approximate surface area is 344 Å². The monoisotopic (exact) mass is 827 g/mol. The summed E-state index contributed by atoms with van der Waals surface area (Å²) in [6, 6.07) is 14.8. The molecule has 0 unspecified atom stereocenters. The number of esters is 2. The summed E-state index contributed by atoms with van der Waals surface area (Å²) in [6.45, 7) is 9.62. The van der Waals surface area contributed by atoms with E-state index in [1.807, 2.05) is 69.3 Å². The van der Waals surface area contributed by atoms with E-state index in [9.17, 15) is 33.6 Å². The Morgan fingerprint density at radius 3 is 1.52 bits per heavy atom. The van der Waals surface area contributed by atoms with Crippen LogP contribution in [-0.4, -0.2) is 93.2 Å². The van der Waals surface area contributed by atoms with E-state index < -0.39 is 29.5 Å². The maximum absolute atomic E-state index is 11.9. The molecule has 2 aliphatic rings. The van der Waals surface area contributed by atoms with Crippen LogP contribution in [0.15, 0.2) is 48.5 Å². The molecular formula is C39H45N11O10. The van der Waals surface area contributed by atoms with E-state index in [4.69, 9.17) is 9.57 Å². The average Bonchev–Trinajstić information content (AvgIpc) is 3.52. The Kier molecular flexibility index (Phi) is 16.8. The largest absolute Gasteiger partial charge is 0.444 e. The molecule has 21 nitrogen and oxygen atoms in total. The van der Waals surface area contributed by atoms with Crippen molar-refractivity contribution in [1.82, 2.24) is 56.5 Å². The summed E-state index contributed by atoms with van der Waals surface area (Å²) in [5.74, 6) is -0.872. The zero-order chi connectivity index (χ0) is 43.7. The molecule has 60 heavy (non-hydrogen) atoms. The van der Waals surface area contributed by atoms with Crippen LogP contribution in [0.1, 0.15) is 94.9 Å². The Morgan fingerprint density at radius 1 is 0.650 bits per heavy atom. The highest BCUT2D eigenvalue weighted by molar-refractivity contribution is 6.01. The summed E-state index contributed by atoms with van der Waals surface area (Å²) in [5.41, 5.74) is 2.91. The van der Waals surface area contributed by atoms with Crippen molar-refractivity contribution in [2.24, 2.45) is 0 Å². The van der Waals surface area contributed by atoms with Gasteiger partial charge in [0.05, 0.1) is 0 Å². The lowest BCUT2D eigenvalue weighted by Crippen LogP contribution is -2.32. The van der Waals surface area contributed by atoms with Crippen LogP contribution in [0.25, 0.3) is 22.8 Å². The first-order valence-electron chi connectivity index (χ1n) is 18.8. The zero-order valence-electron chi connectivity index (χ0n) is 33.8. The van der Waals surface area contributed by atoms with Crippen LogP contribution >= 0.6 is 0 Å². The second-order valence-corrected chi connectivity index (χ2v) is 14.2. The normalized spacial score (nSPS) is 13.5. The van der Waals surface area contributed by atoms with E-state index in [2.05, 4.69) is 56.2 Å². The second kappa shape index (κ2) is 22.1. The third-order valence-corrected chi connectivity index (χ3v) is 7.88. The van der Waals surface area contributed by atoms with Gasteiger partial charge < -0.3 is 24.9 Å². The highest BCUT2D eigenvalue weighted by Crippen LogP contribution is 2.16. The molecule has 2 aliphatic heterocycles. The number of hydroxylamine groups is 2. The Bertz CT molecular complexity index is 2100. The lowest BCUT2D eigenvalue weighted by Gasteiger charge is -2.19. The molecular weight excluding hydrogens is 782 g/mol. The van der Waals surface area contributed by atoms with Gasteiger partial charge in [0.25, 0.3) is 11.8 Å². The highest BCUT2D eigenvalue weighted by Gasteiger charge is 2.32. The molecule has 4 aromatic rings. The van der Waals surface area contributed by atoms with Gasteiger partial charge in [0.1, 0.15) is 5.60 Å². The van der Waals surface area contributed by atoms with E-state index in [0.29, 0.717) is 60.7 Å². The first kappa shape index (κ1) is 45.5. The van der Waals surface area contributed by atoms with Gasteiger partial charge >= 0.3 is 24.0 Å². The SMILES string of the molecule is Cc1nnc(-c2ccc(CNC(=O)CCCC(=O)ON3C(=O)CCC3=O)cc2)nn1.Cc1nnc(-c2ccc(CNC(=O)OC(C)(C)C)cc2)nn1.O=C1CCCC(=O)O1. The van der Waals surface area contributed by atoms with Crippen LogP contribution in [0.3, 0.4) is 0 Å². The number of hydrogen-bond acceptors (Lipinski definition) is 18. The summed E-state index contributed by atoms with van der Waals surface area (Å²) in [7, 11) is 0. The van der Waals surface area contributed by atoms with Crippen LogP contribution in [0.2, 0.25) is 0 Å². The first-order valence-corrected chi connectivity index (χ1v) is 18.8. The number of amides is 4. The quantitative estimate of drug-likeness (QED) is 0.125. The number of aryl methyl sites for hydroxylation is 2. The summed E-state index contributed by atoms with van der Waals surface area (Å²) >= 11 is 0. The molecule has 0 aliphatic carbocycles. The molecule has 21 heteroatoms. The van der Waals surface area contributed by atoms with Crippen molar-refractivity contribution in [3.05, 3.63) is 71.3 Å². The number of rotatable bonds is 11. The fourth-order valence-corrected chi connectivity index (χ4v) is 4.92. The smallest absolute Gasteiger partial charge is 0.407 e. The third kappa shape index (κ3) is 16.0. The van der Waals surface area contributed by atoms with Gasteiger partial charge in [-0.1, -0.05) is 48.5 Å². The summed E-state index contributed by atoms with van der Waals surface area (Å²) in [6.07, 6.45) is 1.37. The minimum atomic E-state index is -0.718. The van der Waals surface area contributed by atoms with E-state index in [1.165, 1.54) is 0 Å². The molecule has 4 heterocycles. The average molecular weight is 828 g/mol. The van der Waals surface area contributed by atoms with Gasteiger partial charge in [-0.3, -0.25) is 24.0 Å². The number of imide groups is 1. The van der Waals surface area contributed by atoms with Crippen LogP contribution in [0.5, 0.6) is 0 Å². The Balaban J connectivity index is 0.000000230. The predicted octanol–water partition coefficient (Wildman–Crippen LogP) is 3.14. The van der Waals surface area contributed by atoms with Gasteiger partial charge in [0.15, 0.2) is 11.6 Å². The molecule has 2 aromatic heterocycles. The number of carbonyl (C=O) groups is 7. The fourth-order valence-electron chi connectivity index (χ4n) is 4.92. The topological polar surface area (TPSA) is 278 Å². The van der Waals surface area contributed by atoms with Gasteiger partial charge in [-0.25, -0.2) is 9.59 Å². The third-order valence-electron chi connectivity index (χ3n) is 7.88. The second-order valence-electron chi connectivity index (χ2n) is 14.2. The van der Waals surface area contributed by atoms with Gasteiger partial charge in [-0.15, -0.1) is 45.9 Å². The molecule has 2 N–H and O–H groups in total. The molecule has 2 saturated heterocycles. The lowest BCUT2D eigenvalue weighted by molar-refractivity contribution is -0.197.